The summed E-state index contributed by atoms with van der Waals surface area (Å²) in [5, 5.41) is 13.5. The Kier molecular flexibility index (Phi) is 4.33. The standard InChI is InChI=1S/C17H29N3/c1-20(16-6-4-2-3-5-7-16)13-17(12-18,14-8-9-14)19-15-10-11-15/h14-16,19H,2-11,13H2,1H3. The lowest BCUT2D eigenvalue weighted by atomic mass is 9.92. The molecule has 3 heteroatoms. The third kappa shape index (κ3) is 3.35. The minimum Gasteiger partial charge on any atom is -0.301 e. The van der Waals surface area contributed by atoms with Crippen molar-refractivity contribution in [2.24, 2.45) is 5.92 Å². The minimum atomic E-state index is -0.262. The second kappa shape index (κ2) is 6.03. The Balaban J connectivity index is 1.63. The number of hydrogen-bond acceptors (Lipinski definition) is 3. The molecule has 0 aliphatic heterocycles. The summed E-state index contributed by atoms with van der Waals surface area (Å²) in [4.78, 5) is 2.50. The van der Waals surface area contributed by atoms with Crippen molar-refractivity contribution in [2.75, 3.05) is 13.6 Å². The van der Waals surface area contributed by atoms with Gasteiger partial charge in [-0.25, -0.2) is 0 Å². The van der Waals surface area contributed by atoms with E-state index in [1.807, 2.05) is 0 Å². The second-order valence-electron chi connectivity index (χ2n) is 7.34. The predicted molar refractivity (Wildman–Crippen MR) is 81.3 cm³/mol. The zero-order chi connectivity index (χ0) is 14.0. The molecule has 112 valence electrons. The predicted octanol–water partition coefficient (Wildman–Crippen LogP) is 3.07. The summed E-state index contributed by atoms with van der Waals surface area (Å²) < 4.78 is 0. The van der Waals surface area contributed by atoms with Crippen LogP contribution in [0.4, 0.5) is 0 Å². The number of likely N-dealkylation sites (N-methyl/N-ethyl adjacent to an activating group) is 1. The van der Waals surface area contributed by atoms with Crippen LogP contribution in [0.1, 0.15) is 64.2 Å². The molecule has 3 aliphatic rings. The second-order valence-corrected chi connectivity index (χ2v) is 7.34. The van der Waals surface area contributed by atoms with Crippen LogP contribution in [0.15, 0.2) is 0 Å². The molecule has 0 saturated heterocycles. The van der Waals surface area contributed by atoms with Gasteiger partial charge in [0.25, 0.3) is 0 Å². The zero-order valence-electron chi connectivity index (χ0n) is 12.9. The maximum Gasteiger partial charge on any atom is 0.122 e. The van der Waals surface area contributed by atoms with E-state index in [4.69, 9.17) is 0 Å². The third-order valence-electron chi connectivity index (χ3n) is 5.46. The van der Waals surface area contributed by atoms with E-state index in [0.717, 1.165) is 6.54 Å². The van der Waals surface area contributed by atoms with E-state index >= 15 is 0 Å². The highest BCUT2D eigenvalue weighted by Crippen LogP contribution is 2.42. The van der Waals surface area contributed by atoms with E-state index in [2.05, 4.69) is 23.3 Å². The van der Waals surface area contributed by atoms with Crippen LogP contribution in [0.5, 0.6) is 0 Å². The van der Waals surface area contributed by atoms with Gasteiger partial charge in [-0.3, -0.25) is 5.32 Å². The molecule has 3 aliphatic carbocycles. The third-order valence-corrected chi connectivity index (χ3v) is 5.46. The maximum absolute atomic E-state index is 9.83. The van der Waals surface area contributed by atoms with E-state index in [0.29, 0.717) is 18.0 Å². The van der Waals surface area contributed by atoms with Gasteiger partial charge in [-0.05, 0) is 51.5 Å². The van der Waals surface area contributed by atoms with Crippen molar-refractivity contribution in [2.45, 2.75) is 81.8 Å². The molecule has 20 heavy (non-hydrogen) atoms. The summed E-state index contributed by atoms with van der Waals surface area (Å²) in [6.45, 7) is 0.926. The van der Waals surface area contributed by atoms with Gasteiger partial charge in [0.2, 0.25) is 0 Å². The molecule has 3 saturated carbocycles. The molecule has 3 fully saturated rings. The van der Waals surface area contributed by atoms with Crippen molar-refractivity contribution >= 4 is 0 Å². The summed E-state index contributed by atoms with van der Waals surface area (Å²) in [6, 6.07) is 4.00. The van der Waals surface area contributed by atoms with Gasteiger partial charge >= 0.3 is 0 Å². The first-order valence-corrected chi connectivity index (χ1v) is 8.63. The van der Waals surface area contributed by atoms with Crippen molar-refractivity contribution in [1.29, 1.82) is 5.26 Å². The molecule has 1 N–H and O–H groups in total. The van der Waals surface area contributed by atoms with Crippen molar-refractivity contribution in [3.63, 3.8) is 0 Å². The van der Waals surface area contributed by atoms with Crippen LogP contribution in [-0.2, 0) is 0 Å². The first kappa shape index (κ1) is 14.4. The molecule has 0 aromatic carbocycles. The number of hydrogen-bond donors (Lipinski definition) is 1. The molecule has 1 unspecified atom stereocenters. The molecule has 0 heterocycles. The summed E-state index contributed by atoms with van der Waals surface area (Å²) in [5.74, 6) is 0.598. The molecule has 0 aromatic heterocycles. The molecule has 0 aromatic rings. The lowest BCUT2D eigenvalue weighted by Gasteiger charge is -2.36. The number of nitriles is 1. The minimum absolute atomic E-state index is 0.262. The zero-order valence-corrected chi connectivity index (χ0v) is 12.9. The fraction of sp³-hybridized carbons (Fsp3) is 0.941. The topological polar surface area (TPSA) is 39.1 Å². The SMILES string of the molecule is CN(CC(C#N)(NC1CC1)C1CC1)C1CCCCCC1. The molecule has 0 amide bonds. The van der Waals surface area contributed by atoms with Gasteiger partial charge in [0.1, 0.15) is 5.54 Å². The fourth-order valence-electron chi connectivity index (χ4n) is 3.84. The molecule has 1 atom stereocenters. The fourth-order valence-corrected chi connectivity index (χ4v) is 3.84. The molecule has 3 rings (SSSR count). The molecule has 3 nitrogen and oxygen atoms in total. The van der Waals surface area contributed by atoms with Crippen LogP contribution in [0, 0.1) is 17.2 Å². The average molecular weight is 275 g/mol. The molecular formula is C17H29N3. The van der Waals surface area contributed by atoms with E-state index in [9.17, 15) is 5.26 Å². The summed E-state index contributed by atoms with van der Waals surface area (Å²) >= 11 is 0. The molecule has 0 radical (unpaired) electrons. The lowest BCUT2D eigenvalue weighted by molar-refractivity contribution is 0.163. The number of rotatable bonds is 6. The van der Waals surface area contributed by atoms with Crippen molar-refractivity contribution in [3.8, 4) is 6.07 Å². The van der Waals surface area contributed by atoms with Gasteiger partial charge in [-0.2, -0.15) is 5.26 Å². The van der Waals surface area contributed by atoms with E-state index in [-0.39, 0.29) is 5.54 Å². The Morgan fingerprint density at radius 1 is 1.05 bits per heavy atom. The van der Waals surface area contributed by atoms with E-state index in [1.54, 1.807) is 0 Å². The van der Waals surface area contributed by atoms with E-state index in [1.165, 1.54) is 64.2 Å². The highest BCUT2D eigenvalue weighted by atomic mass is 15.2. The summed E-state index contributed by atoms with van der Waals surface area (Å²) in [5.41, 5.74) is -0.262. The highest BCUT2D eigenvalue weighted by Gasteiger charge is 2.49. The van der Waals surface area contributed by atoms with Crippen LogP contribution in [-0.4, -0.2) is 36.1 Å². The van der Waals surface area contributed by atoms with Gasteiger partial charge in [-0.15, -0.1) is 0 Å². The monoisotopic (exact) mass is 275 g/mol. The first-order valence-electron chi connectivity index (χ1n) is 8.63. The Hall–Kier alpha value is -0.590. The summed E-state index contributed by atoms with van der Waals surface area (Å²) in [7, 11) is 2.25. The summed E-state index contributed by atoms with van der Waals surface area (Å²) in [6.07, 6.45) is 13.2. The quantitative estimate of drug-likeness (QED) is 0.757. The van der Waals surface area contributed by atoms with Crippen LogP contribution < -0.4 is 5.32 Å². The number of nitrogens with zero attached hydrogens (tertiary/aromatic N) is 2. The maximum atomic E-state index is 9.83. The van der Waals surface area contributed by atoms with Crippen molar-refractivity contribution < 1.29 is 0 Å². The van der Waals surface area contributed by atoms with Crippen LogP contribution in [0.2, 0.25) is 0 Å². The smallest absolute Gasteiger partial charge is 0.122 e. The lowest BCUT2D eigenvalue weighted by Crippen LogP contribution is -2.56. The highest BCUT2D eigenvalue weighted by molar-refractivity contribution is 5.18. The van der Waals surface area contributed by atoms with Gasteiger partial charge in [-0.1, -0.05) is 25.7 Å². The van der Waals surface area contributed by atoms with E-state index < -0.39 is 0 Å². The molecule has 0 bridgehead atoms. The molecule has 0 spiro atoms. The van der Waals surface area contributed by atoms with Gasteiger partial charge in [0, 0.05) is 18.6 Å². The Labute approximate surface area is 123 Å². The number of nitrogens with one attached hydrogen (secondary N) is 1. The first-order chi connectivity index (χ1) is 9.73. The van der Waals surface area contributed by atoms with Crippen molar-refractivity contribution in [3.05, 3.63) is 0 Å². The molecular weight excluding hydrogens is 246 g/mol. The Morgan fingerprint density at radius 3 is 2.20 bits per heavy atom. The van der Waals surface area contributed by atoms with Gasteiger partial charge in [0.05, 0.1) is 6.07 Å². The van der Waals surface area contributed by atoms with Gasteiger partial charge in [0.15, 0.2) is 0 Å². The average Bonchev–Trinajstić information content (AvgIpc) is 3.32. The van der Waals surface area contributed by atoms with Crippen LogP contribution >= 0.6 is 0 Å². The largest absolute Gasteiger partial charge is 0.301 e. The Bertz CT molecular complexity index is 359. The van der Waals surface area contributed by atoms with Crippen LogP contribution in [0.25, 0.3) is 0 Å². The van der Waals surface area contributed by atoms with Crippen molar-refractivity contribution in [1.82, 2.24) is 10.2 Å². The van der Waals surface area contributed by atoms with Crippen LogP contribution in [0.3, 0.4) is 0 Å². The normalized spacial score (nSPS) is 27.9. The Morgan fingerprint density at radius 2 is 1.70 bits per heavy atom. The van der Waals surface area contributed by atoms with Gasteiger partial charge < -0.3 is 4.90 Å².